The molecule has 0 saturated carbocycles. The highest BCUT2D eigenvalue weighted by Crippen LogP contribution is 2.27. The van der Waals surface area contributed by atoms with Gasteiger partial charge in [-0.1, -0.05) is 23.8 Å². The molecule has 1 amide bonds. The molecule has 0 saturated heterocycles. The molecule has 0 unspecified atom stereocenters. The summed E-state index contributed by atoms with van der Waals surface area (Å²) in [6.07, 6.45) is 0.750. The summed E-state index contributed by atoms with van der Waals surface area (Å²) in [6.45, 7) is 4.73. The van der Waals surface area contributed by atoms with Crippen LogP contribution in [0.2, 0.25) is 0 Å². The fraction of sp³-hybridized carbons (Fsp3) is 0.350. The number of ether oxygens (including phenoxy) is 2. The van der Waals surface area contributed by atoms with Crippen LogP contribution in [0.4, 0.5) is 0 Å². The van der Waals surface area contributed by atoms with Gasteiger partial charge < -0.3 is 14.8 Å². The Balaban J connectivity index is 1.79. The van der Waals surface area contributed by atoms with E-state index in [0.29, 0.717) is 23.8 Å². The Morgan fingerprint density at radius 1 is 1.04 bits per heavy atom. The molecule has 1 N–H and O–H groups in total. The Bertz CT molecular complexity index is 731. The van der Waals surface area contributed by atoms with E-state index in [9.17, 15) is 4.79 Å². The van der Waals surface area contributed by atoms with Crippen molar-refractivity contribution in [2.24, 2.45) is 0 Å². The minimum Gasteiger partial charge on any atom is -0.493 e. The van der Waals surface area contributed by atoms with Crippen LogP contribution in [0.5, 0.6) is 11.5 Å². The highest BCUT2D eigenvalue weighted by atomic mass is 32.2. The van der Waals surface area contributed by atoms with Crippen molar-refractivity contribution in [3.8, 4) is 11.5 Å². The molecule has 0 radical (unpaired) electrons. The molecule has 2 rings (SSSR count). The lowest BCUT2D eigenvalue weighted by Gasteiger charge is -2.10. The summed E-state index contributed by atoms with van der Waals surface area (Å²) in [6, 6.07) is 12.1. The van der Waals surface area contributed by atoms with Crippen molar-refractivity contribution in [3.05, 3.63) is 53.1 Å². The topological polar surface area (TPSA) is 47.6 Å². The fourth-order valence-electron chi connectivity index (χ4n) is 2.44. The van der Waals surface area contributed by atoms with Crippen molar-refractivity contribution in [1.82, 2.24) is 5.32 Å². The normalized spacial score (nSPS) is 10.4. The summed E-state index contributed by atoms with van der Waals surface area (Å²) in [4.78, 5) is 13.2. The summed E-state index contributed by atoms with van der Waals surface area (Å²) in [7, 11) is 3.24. The maximum atomic E-state index is 12.0. The lowest BCUT2D eigenvalue weighted by atomic mass is 10.1. The van der Waals surface area contributed by atoms with E-state index >= 15 is 0 Å². The lowest BCUT2D eigenvalue weighted by Crippen LogP contribution is -2.27. The van der Waals surface area contributed by atoms with E-state index in [2.05, 4.69) is 37.4 Å². The van der Waals surface area contributed by atoms with Crippen molar-refractivity contribution in [1.29, 1.82) is 0 Å². The minimum absolute atomic E-state index is 0.0476. The molecule has 134 valence electrons. The SMILES string of the molecule is COc1ccc(CCNC(=O)CSc2cc(C)ccc2C)cc1OC. The van der Waals surface area contributed by atoms with E-state index in [-0.39, 0.29) is 5.91 Å². The summed E-state index contributed by atoms with van der Waals surface area (Å²) < 4.78 is 10.5. The van der Waals surface area contributed by atoms with Gasteiger partial charge in [-0.05, 0) is 49.6 Å². The molecule has 2 aromatic carbocycles. The van der Waals surface area contributed by atoms with Crippen LogP contribution >= 0.6 is 11.8 Å². The van der Waals surface area contributed by atoms with Crippen LogP contribution in [-0.4, -0.2) is 32.4 Å². The van der Waals surface area contributed by atoms with Crippen LogP contribution in [0.1, 0.15) is 16.7 Å². The van der Waals surface area contributed by atoms with Gasteiger partial charge in [-0.3, -0.25) is 4.79 Å². The Morgan fingerprint density at radius 3 is 2.52 bits per heavy atom. The molecule has 0 fully saturated rings. The first-order valence-corrected chi connectivity index (χ1v) is 9.19. The molecule has 2 aromatic rings. The van der Waals surface area contributed by atoms with Crippen molar-refractivity contribution in [3.63, 3.8) is 0 Å². The van der Waals surface area contributed by atoms with Gasteiger partial charge in [0.25, 0.3) is 0 Å². The number of carbonyl (C=O) groups is 1. The van der Waals surface area contributed by atoms with E-state index in [1.165, 1.54) is 11.1 Å². The molecule has 25 heavy (non-hydrogen) atoms. The van der Waals surface area contributed by atoms with E-state index in [1.807, 2.05) is 18.2 Å². The maximum absolute atomic E-state index is 12.0. The third-order valence-corrected chi connectivity index (χ3v) is 5.04. The first-order chi connectivity index (χ1) is 12.0. The first kappa shape index (κ1) is 19.2. The van der Waals surface area contributed by atoms with Gasteiger partial charge in [0.2, 0.25) is 5.91 Å². The molecular formula is C20H25NO3S. The Labute approximate surface area is 153 Å². The molecule has 0 bridgehead atoms. The molecule has 0 aliphatic carbocycles. The van der Waals surface area contributed by atoms with Crippen LogP contribution in [0.25, 0.3) is 0 Å². The van der Waals surface area contributed by atoms with Crippen LogP contribution in [0.15, 0.2) is 41.3 Å². The number of hydrogen-bond acceptors (Lipinski definition) is 4. The fourth-order valence-corrected chi connectivity index (χ4v) is 3.39. The monoisotopic (exact) mass is 359 g/mol. The summed E-state index contributed by atoms with van der Waals surface area (Å²) >= 11 is 1.58. The highest BCUT2D eigenvalue weighted by molar-refractivity contribution is 8.00. The van der Waals surface area contributed by atoms with Gasteiger partial charge in [0.05, 0.1) is 20.0 Å². The highest BCUT2D eigenvalue weighted by Gasteiger charge is 2.07. The third kappa shape index (κ3) is 5.71. The molecule has 5 heteroatoms. The van der Waals surface area contributed by atoms with E-state index in [1.54, 1.807) is 26.0 Å². The number of carbonyl (C=O) groups excluding carboxylic acids is 1. The number of nitrogens with one attached hydrogen (secondary N) is 1. The number of hydrogen-bond donors (Lipinski definition) is 1. The quantitative estimate of drug-likeness (QED) is 0.729. The zero-order chi connectivity index (χ0) is 18.2. The molecular weight excluding hydrogens is 334 g/mol. The second kappa shape index (κ2) is 9.37. The van der Waals surface area contributed by atoms with Gasteiger partial charge in [-0.2, -0.15) is 0 Å². The van der Waals surface area contributed by atoms with Gasteiger partial charge >= 0.3 is 0 Å². The van der Waals surface area contributed by atoms with Gasteiger partial charge in [0, 0.05) is 11.4 Å². The molecule has 0 spiro atoms. The molecule has 0 aromatic heterocycles. The van der Waals surface area contributed by atoms with Crippen molar-refractivity contribution >= 4 is 17.7 Å². The van der Waals surface area contributed by atoms with E-state index < -0.39 is 0 Å². The van der Waals surface area contributed by atoms with Gasteiger partial charge in [-0.15, -0.1) is 11.8 Å². The zero-order valence-corrected chi connectivity index (χ0v) is 16.0. The summed E-state index contributed by atoms with van der Waals surface area (Å²) in [5, 5.41) is 2.97. The predicted octanol–water partition coefficient (Wildman–Crippen LogP) is 3.77. The van der Waals surface area contributed by atoms with E-state index in [0.717, 1.165) is 16.9 Å². The number of rotatable bonds is 8. The van der Waals surface area contributed by atoms with Crippen LogP contribution < -0.4 is 14.8 Å². The second-order valence-electron chi connectivity index (χ2n) is 5.85. The molecule has 0 aliphatic rings. The van der Waals surface area contributed by atoms with Crippen LogP contribution in [0, 0.1) is 13.8 Å². The molecule has 0 heterocycles. The smallest absolute Gasteiger partial charge is 0.230 e. The number of benzene rings is 2. The molecule has 4 nitrogen and oxygen atoms in total. The van der Waals surface area contributed by atoms with Gasteiger partial charge in [0.1, 0.15) is 0 Å². The average Bonchev–Trinajstić information content (AvgIpc) is 2.62. The molecule has 0 aliphatic heterocycles. The van der Waals surface area contributed by atoms with Crippen molar-refractivity contribution < 1.29 is 14.3 Å². The maximum Gasteiger partial charge on any atom is 0.230 e. The van der Waals surface area contributed by atoms with Crippen LogP contribution in [0.3, 0.4) is 0 Å². The Hall–Kier alpha value is -2.14. The summed E-state index contributed by atoms with van der Waals surface area (Å²) in [5.41, 5.74) is 3.51. The lowest BCUT2D eigenvalue weighted by molar-refractivity contribution is -0.118. The number of aryl methyl sites for hydroxylation is 2. The van der Waals surface area contributed by atoms with E-state index in [4.69, 9.17) is 9.47 Å². The minimum atomic E-state index is 0.0476. The first-order valence-electron chi connectivity index (χ1n) is 8.21. The number of methoxy groups -OCH3 is 2. The number of amides is 1. The van der Waals surface area contributed by atoms with Crippen molar-refractivity contribution in [2.75, 3.05) is 26.5 Å². The van der Waals surface area contributed by atoms with Gasteiger partial charge in [-0.25, -0.2) is 0 Å². The summed E-state index contributed by atoms with van der Waals surface area (Å²) in [5.74, 6) is 1.89. The third-order valence-electron chi connectivity index (χ3n) is 3.89. The Morgan fingerprint density at radius 2 is 1.80 bits per heavy atom. The molecule has 0 atom stereocenters. The Kier molecular flexibility index (Phi) is 7.19. The van der Waals surface area contributed by atoms with Crippen LogP contribution in [-0.2, 0) is 11.2 Å². The number of thioether (sulfide) groups is 1. The largest absolute Gasteiger partial charge is 0.493 e. The standard InChI is InChI=1S/C20H25NO3S/c1-14-5-6-15(2)19(11-14)25-13-20(22)21-10-9-16-7-8-17(23-3)18(12-16)24-4/h5-8,11-12H,9-10,13H2,1-4H3,(H,21,22). The van der Waals surface area contributed by atoms with Gasteiger partial charge in [0.15, 0.2) is 11.5 Å². The zero-order valence-electron chi connectivity index (χ0n) is 15.2. The average molecular weight is 359 g/mol. The van der Waals surface area contributed by atoms with Crippen molar-refractivity contribution in [2.45, 2.75) is 25.2 Å². The second-order valence-corrected chi connectivity index (χ2v) is 6.86. The predicted molar refractivity (Wildman–Crippen MR) is 103 cm³/mol.